The summed E-state index contributed by atoms with van der Waals surface area (Å²) in [6, 6.07) is 0.323. The van der Waals surface area contributed by atoms with E-state index in [1.807, 2.05) is 4.90 Å². The van der Waals surface area contributed by atoms with Crippen molar-refractivity contribution in [1.82, 2.24) is 15.2 Å². The molecular formula is C17H26N4O3S. The average Bonchev–Trinajstić information content (AvgIpc) is 3.23. The highest BCUT2D eigenvalue weighted by atomic mass is 32.1. The van der Waals surface area contributed by atoms with Gasteiger partial charge in [0.1, 0.15) is 4.88 Å². The van der Waals surface area contributed by atoms with Gasteiger partial charge in [0.05, 0.1) is 12.3 Å². The molecule has 7 nitrogen and oxygen atoms in total. The predicted octanol–water partition coefficient (Wildman–Crippen LogP) is 1.60. The number of thiazole rings is 1. The van der Waals surface area contributed by atoms with Gasteiger partial charge in [-0.25, -0.2) is 4.98 Å². The number of likely N-dealkylation sites (tertiary alicyclic amines) is 1. The standard InChI is InChI=1S/C17H26N4O3S/c22-13-6-4-12(5-7-13)20-17-19-11-14(25-17)16(24)18-8-2-10-21-9-1-3-15(21)23/h11-13,22H,1-10H2,(H,18,24)(H,19,20). The first-order valence-electron chi connectivity index (χ1n) is 9.08. The molecule has 0 atom stereocenters. The molecule has 3 N–H and O–H groups in total. The molecule has 2 heterocycles. The van der Waals surface area contributed by atoms with Gasteiger partial charge in [0.25, 0.3) is 5.91 Å². The lowest BCUT2D eigenvalue weighted by Crippen LogP contribution is -2.30. The van der Waals surface area contributed by atoms with Gasteiger partial charge in [-0.05, 0) is 38.5 Å². The SMILES string of the molecule is O=C(NCCCN1CCCC1=O)c1cnc(NC2CCC(O)CC2)s1. The highest BCUT2D eigenvalue weighted by molar-refractivity contribution is 7.17. The molecular weight excluding hydrogens is 340 g/mol. The number of rotatable bonds is 7. The van der Waals surface area contributed by atoms with Crippen molar-refractivity contribution >= 4 is 28.3 Å². The van der Waals surface area contributed by atoms with Crippen LogP contribution in [-0.2, 0) is 4.79 Å². The Bertz CT molecular complexity index is 598. The third kappa shape index (κ3) is 5.15. The van der Waals surface area contributed by atoms with Crippen LogP contribution in [0, 0.1) is 0 Å². The molecule has 2 amide bonds. The second-order valence-corrected chi connectivity index (χ2v) is 7.80. The zero-order valence-electron chi connectivity index (χ0n) is 14.4. The van der Waals surface area contributed by atoms with E-state index >= 15 is 0 Å². The van der Waals surface area contributed by atoms with Crippen molar-refractivity contribution in [2.75, 3.05) is 25.0 Å². The minimum atomic E-state index is -0.175. The fourth-order valence-corrected chi connectivity index (χ4v) is 4.15. The van der Waals surface area contributed by atoms with Gasteiger partial charge in [-0.15, -0.1) is 0 Å². The van der Waals surface area contributed by atoms with Gasteiger partial charge in [0.2, 0.25) is 5.91 Å². The first-order chi connectivity index (χ1) is 12.1. The van der Waals surface area contributed by atoms with Crippen LogP contribution in [-0.4, -0.2) is 58.6 Å². The summed E-state index contributed by atoms with van der Waals surface area (Å²) in [7, 11) is 0. The highest BCUT2D eigenvalue weighted by Gasteiger charge is 2.21. The Morgan fingerprint density at radius 1 is 1.36 bits per heavy atom. The number of anilines is 1. The molecule has 138 valence electrons. The van der Waals surface area contributed by atoms with E-state index in [0.717, 1.165) is 50.2 Å². The summed E-state index contributed by atoms with van der Waals surface area (Å²) in [6.07, 6.45) is 7.29. The lowest BCUT2D eigenvalue weighted by atomic mass is 9.93. The Labute approximate surface area is 151 Å². The Morgan fingerprint density at radius 2 is 2.16 bits per heavy atom. The lowest BCUT2D eigenvalue weighted by molar-refractivity contribution is -0.127. The minimum Gasteiger partial charge on any atom is -0.393 e. The van der Waals surface area contributed by atoms with E-state index in [2.05, 4.69) is 15.6 Å². The number of aliphatic hydroxyl groups is 1. The maximum absolute atomic E-state index is 12.2. The minimum absolute atomic E-state index is 0.114. The summed E-state index contributed by atoms with van der Waals surface area (Å²) in [4.78, 5) is 30.4. The monoisotopic (exact) mass is 366 g/mol. The number of carbonyl (C=O) groups excluding carboxylic acids is 2. The summed E-state index contributed by atoms with van der Waals surface area (Å²) in [5.74, 6) is 0.108. The average molecular weight is 366 g/mol. The van der Waals surface area contributed by atoms with Crippen LogP contribution in [0.2, 0.25) is 0 Å². The molecule has 1 aliphatic heterocycles. The van der Waals surface area contributed by atoms with Crippen molar-refractivity contribution in [2.45, 2.75) is 57.1 Å². The molecule has 8 heteroatoms. The second kappa shape index (κ2) is 8.62. The Kier molecular flexibility index (Phi) is 6.25. The molecule has 0 bridgehead atoms. The Balaban J connectivity index is 1.37. The van der Waals surface area contributed by atoms with Crippen molar-refractivity contribution in [1.29, 1.82) is 0 Å². The molecule has 2 aliphatic rings. The molecule has 0 spiro atoms. The van der Waals surface area contributed by atoms with E-state index in [1.54, 1.807) is 6.20 Å². The van der Waals surface area contributed by atoms with Crippen molar-refractivity contribution in [3.63, 3.8) is 0 Å². The quantitative estimate of drug-likeness (QED) is 0.637. The van der Waals surface area contributed by atoms with Gasteiger partial charge in [0.15, 0.2) is 5.13 Å². The molecule has 1 aliphatic carbocycles. The summed E-state index contributed by atoms with van der Waals surface area (Å²) < 4.78 is 0. The largest absolute Gasteiger partial charge is 0.393 e. The molecule has 1 aromatic rings. The third-order valence-corrected chi connectivity index (χ3v) is 5.74. The Hall–Kier alpha value is -1.67. The maximum Gasteiger partial charge on any atom is 0.263 e. The van der Waals surface area contributed by atoms with Crippen LogP contribution < -0.4 is 10.6 Å². The van der Waals surface area contributed by atoms with Crippen LogP contribution in [0.15, 0.2) is 6.20 Å². The first kappa shape index (κ1) is 18.1. The number of amides is 2. The predicted molar refractivity (Wildman–Crippen MR) is 96.8 cm³/mol. The van der Waals surface area contributed by atoms with Crippen molar-refractivity contribution < 1.29 is 14.7 Å². The zero-order chi connectivity index (χ0) is 17.6. The first-order valence-corrected chi connectivity index (χ1v) is 9.90. The van der Waals surface area contributed by atoms with Crippen LogP contribution >= 0.6 is 11.3 Å². The lowest BCUT2D eigenvalue weighted by Gasteiger charge is -2.25. The fraction of sp³-hybridized carbons (Fsp3) is 0.706. The number of hydrogen-bond donors (Lipinski definition) is 3. The van der Waals surface area contributed by atoms with E-state index in [9.17, 15) is 14.7 Å². The second-order valence-electron chi connectivity index (χ2n) is 6.77. The van der Waals surface area contributed by atoms with E-state index in [1.165, 1.54) is 11.3 Å². The number of hydrogen-bond acceptors (Lipinski definition) is 6. The molecule has 1 saturated carbocycles. The topological polar surface area (TPSA) is 94.6 Å². The van der Waals surface area contributed by atoms with Crippen molar-refractivity contribution in [2.24, 2.45) is 0 Å². The molecule has 1 saturated heterocycles. The normalized spacial score (nSPS) is 23.7. The number of aliphatic hydroxyl groups excluding tert-OH is 1. The highest BCUT2D eigenvalue weighted by Crippen LogP contribution is 2.25. The van der Waals surface area contributed by atoms with Gasteiger partial charge in [-0.3, -0.25) is 9.59 Å². The smallest absolute Gasteiger partial charge is 0.263 e. The molecule has 0 unspecified atom stereocenters. The van der Waals surface area contributed by atoms with Gasteiger partial charge in [0, 0.05) is 32.1 Å². The number of nitrogens with one attached hydrogen (secondary N) is 2. The molecule has 1 aromatic heterocycles. The van der Waals surface area contributed by atoms with Crippen LogP contribution in [0.1, 0.15) is 54.6 Å². The van der Waals surface area contributed by atoms with Crippen molar-refractivity contribution in [3.05, 3.63) is 11.1 Å². The summed E-state index contributed by atoms with van der Waals surface area (Å²) in [5, 5.41) is 16.6. The Morgan fingerprint density at radius 3 is 2.88 bits per heavy atom. The zero-order valence-corrected chi connectivity index (χ0v) is 15.2. The maximum atomic E-state index is 12.2. The van der Waals surface area contributed by atoms with Crippen LogP contribution in [0.4, 0.5) is 5.13 Å². The molecule has 2 fully saturated rings. The van der Waals surface area contributed by atoms with E-state index < -0.39 is 0 Å². The van der Waals surface area contributed by atoms with Gasteiger partial charge < -0.3 is 20.6 Å². The number of nitrogens with zero attached hydrogens (tertiary/aromatic N) is 2. The van der Waals surface area contributed by atoms with Crippen LogP contribution in [0.5, 0.6) is 0 Å². The van der Waals surface area contributed by atoms with Crippen LogP contribution in [0.25, 0.3) is 0 Å². The molecule has 3 rings (SSSR count). The van der Waals surface area contributed by atoms with E-state index in [-0.39, 0.29) is 17.9 Å². The van der Waals surface area contributed by atoms with Gasteiger partial charge >= 0.3 is 0 Å². The van der Waals surface area contributed by atoms with Crippen LogP contribution in [0.3, 0.4) is 0 Å². The van der Waals surface area contributed by atoms with Gasteiger partial charge in [-0.2, -0.15) is 0 Å². The van der Waals surface area contributed by atoms with E-state index in [0.29, 0.717) is 30.4 Å². The van der Waals surface area contributed by atoms with Crippen molar-refractivity contribution in [3.8, 4) is 0 Å². The third-order valence-electron chi connectivity index (χ3n) is 4.82. The van der Waals surface area contributed by atoms with E-state index in [4.69, 9.17) is 0 Å². The number of carbonyl (C=O) groups is 2. The fourth-order valence-electron chi connectivity index (χ4n) is 3.34. The van der Waals surface area contributed by atoms with Gasteiger partial charge in [-0.1, -0.05) is 11.3 Å². The molecule has 0 aromatic carbocycles. The summed E-state index contributed by atoms with van der Waals surface area (Å²) in [6.45, 7) is 2.11. The summed E-state index contributed by atoms with van der Waals surface area (Å²) >= 11 is 1.36. The molecule has 0 radical (unpaired) electrons. The number of aromatic nitrogens is 1. The summed E-state index contributed by atoms with van der Waals surface area (Å²) in [5.41, 5.74) is 0. The molecule has 25 heavy (non-hydrogen) atoms.